The van der Waals surface area contributed by atoms with Crippen molar-refractivity contribution in [1.82, 2.24) is 15.1 Å². The first-order chi connectivity index (χ1) is 12.1. The van der Waals surface area contributed by atoms with Gasteiger partial charge in [-0.1, -0.05) is 30.3 Å². The van der Waals surface area contributed by atoms with Crippen molar-refractivity contribution in [1.29, 1.82) is 0 Å². The van der Waals surface area contributed by atoms with Gasteiger partial charge in [0.25, 0.3) is 0 Å². The maximum Gasteiger partial charge on any atom is 0.316 e. The number of likely N-dealkylation sites (tertiary alicyclic amines) is 1. The number of nitrogens with one attached hydrogen (secondary N) is 1. The van der Waals surface area contributed by atoms with E-state index >= 15 is 0 Å². The first kappa shape index (κ1) is 18.2. The lowest BCUT2D eigenvalue weighted by atomic mass is 9.74. The van der Waals surface area contributed by atoms with Crippen LogP contribution >= 0.6 is 0 Å². The lowest BCUT2D eigenvalue weighted by Gasteiger charge is -2.44. The van der Waals surface area contributed by atoms with Crippen LogP contribution in [0.25, 0.3) is 0 Å². The van der Waals surface area contributed by atoms with Crippen LogP contribution in [0.15, 0.2) is 30.3 Å². The summed E-state index contributed by atoms with van der Waals surface area (Å²) in [6.07, 6.45) is 4.67. The van der Waals surface area contributed by atoms with E-state index in [1.165, 1.54) is 5.56 Å². The molecule has 0 aliphatic carbocycles. The van der Waals surface area contributed by atoms with Gasteiger partial charge in [-0.15, -0.1) is 0 Å². The average molecular weight is 345 g/mol. The number of benzene rings is 1. The number of piperidine rings is 1. The van der Waals surface area contributed by atoms with Gasteiger partial charge in [0.2, 0.25) is 0 Å². The van der Waals surface area contributed by atoms with Crippen molar-refractivity contribution in [3.8, 4) is 0 Å². The highest BCUT2D eigenvalue weighted by atomic mass is 16.5. The summed E-state index contributed by atoms with van der Waals surface area (Å²) < 4.78 is 6.03. The molecule has 138 valence electrons. The van der Waals surface area contributed by atoms with Crippen molar-refractivity contribution < 1.29 is 9.53 Å². The number of amides is 2. The molecule has 5 heteroatoms. The van der Waals surface area contributed by atoms with Crippen LogP contribution in [0.2, 0.25) is 0 Å². The number of carbonyl (C=O) groups is 1. The fraction of sp³-hybridized carbons (Fsp3) is 0.650. The van der Waals surface area contributed by atoms with Gasteiger partial charge in [0, 0.05) is 52.3 Å². The molecule has 25 heavy (non-hydrogen) atoms. The zero-order valence-electron chi connectivity index (χ0n) is 15.5. The highest BCUT2D eigenvalue weighted by molar-refractivity contribution is 5.73. The summed E-state index contributed by atoms with van der Waals surface area (Å²) in [5, 5.41) is 3.02. The van der Waals surface area contributed by atoms with Crippen LogP contribution in [-0.4, -0.2) is 68.8 Å². The van der Waals surface area contributed by atoms with Crippen LogP contribution in [0, 0.1) is 5.41 Å². The summed E-state index contributed by atoms with van der Waals surface area (Å²) in [4.78, 5) is 16.0. The molecule has 0 saturated carbocycles. The normalized spacial score (nSPS) is 26.2. The maximum absolute atomic E-state index is 11.8. The van der Waals surface area contributed by atoms with Gasteiger partial charge in [-0.05, 0) is 31.2 Å². The van der Waals surface area contributed by atoms with E-state index in [0.29, 0.717) is 6.10 Å². The predicted octanol–water partition coefficient (Wildman–Crippen LogP) is 2.37. The Labute approximate surface area is 151 Å². The molecule has 2 aliphatic rings. The quantitative estimate of drug-likeness (QED) is 0.861. The number of rotatable bonds is 6. The average Bonchev–Trinajstić information content (AvgIpc) is 3.03. The molecule has 5 nitrogen and oxygen atoms in total. The van der Waals surface area contributed by atoms with Crippen LogP contribution in [-0.2, 0) is 11.2 Å². The van der Waals surface area contributed by atoms with Gasteiger partial charge < -0.3 is 19.9 Å². The van der Waals surface area contributed by atoms with Crippen LogP contribution in [0.3, 0.4) is 0 Å². The van der Waals surface area contributed by atoms with Crippen molar-refractivity contribution in [2.45, 2.75) is 31.8 Å². The molecule has 0 unspecified atom stereocenters. The lowest BCUT2D eigenvalue weighted by molar-refractivity contribution is -0.0211. The predicted molar refractivity (Wildman–Crippen MR) is 99.7 cm³/mol. The molecular weight excluding hydrogens is 314 g/mol. The molecule has 1 aromatic rings. The number of carbonyl (C=O) groups excluding carboxylic acids is 1. The highest BCUT2D eigenvalue weighted by Gasteiger charge is 2.47. The standard InChI is InChI=1S/C20H31N3O2/c1-22(2)19(24)21-12-10-20-11-15-25-18(20)9-14-23(16-20)13-8-17-6-4-3-5-7-17/h3-7,18H,8-16H2,1-2H3,(H,21,24)/t18-,20+/m0/s1. The van der Waals surface area contributed by atoms with Crippen molar-refractivity contribution in [2.24, 2.45) is 5.41 Å². The second kappa shape index (κ2) is 8.19. The van der Waals surface area contributed by atoms with Gasteiger partial charge in [-0.3, -0.25) is 0 Å². The summed E-state index contributed by atoms with van der Waals surface area (Å²) in [5.74, 6) is 0. The molecular formula is C20H31N3O2. The third-order valence-electron chi connectivity index (χ3n) is 5.71. The molecule has 2 saturated heterocycles. The fourth-order valence-corrected chi connectivity index (χ4v) is 4.20. The summed E-state index contributed by atoms with van der Waals surface area (Å²) in [7, 11) is 3.56. The van der Waals surface area contributed by atoms with Gasteiger partial charge in [0.05, 0.1) is 6.10 Å². The first-order valence-electron chi connectivity index (χ1n) is 9.42. The Morgan fingerprint density at radius 2 is 2.16 bits per heavy atom. The summed E-state index contributed by atoms with van der Waals surface area (Å²) in [6, 6.07) is 10.7. The molecule has 2 fully saturated rings. The zero-order valence-corrected chi connectivity index (χ0v) is 15.5. The van der Waals surface area contributed by atoms with E-state index in [1.54, 1.807) is 19.0 Å². The van der Waals surface area contributed by atoms with E-state index < -0.39 is 0 Å². The first-order valence-corrected chi connectivity index (χ1v) is 9.42. The molecule has 1 N–H and O–H groups in total. The van der Waals surface area contributed by atoms with Gasteiger partial charge in [0.1, 0.15) is 0 Å². The minimum Gasteiger partial charge on any atom is -0.378 e. The Morgan fingerprint density at radius 3 is 2.92 bits per heavy atom. The zero-order chi connectivity index (χ0) is 17.7. The summed E-state index contributed by atoms with van der Waals surface area (Å²) in [6.45, 7) is 4.89. The Hall–Kier alpha value is -1.59. The molecule has 2 amide bonds. The molecule has 3 rings (SSSR count). The highest BCUT2D eigenvalue weighted by Crippen LogP contribution is 2.43. The Kier molecular flexibility index (Phi) is 5.97. The van der Waals surface area contributed by atoms with Crippen LogP contribution < -0.4 is 5.32 Å². The second-order valence-electron chi connectivity index (χ2n) is 7.65. The monoisotopic (exact) mass is 345 g/mol. The number of hydrogen-bond acceptors (Lipinski definition) is 3. The molecule has 0 spiro atoms. The van der Waals surface area contributed by atoms with Gasteiger partial charge in [-0.25, -0.2) is 4.79 Å². The molecule has 1 aromatic carbocycles. The van der Waals surface area contributed by atoms with E-state index in [2.05, 4.69) is 40.5 Å². The Bertz CT molecular complexity index is 563. The molecule has 0 aromatic heterocycles. The third kappa shape index (κ3) is 4.53. The van der Waals surface area contributed by atoms with Gasteiger partial charge in [0.15, 0.2) is 0 Å². The maximum atomic E-state index is 11.8. The van der Waals surface area contributed by atoms with Gasteiger partial charge in [-0.2, -0.15) is 0 Å². The van der Waals surface area contributed by atoms with Crippen molar-refractivity contribution in [3.63, 3.8) is 0 Å². The Balaban J connectivity index is 1.54. The molecule has 0 bridgehead atoms. The third-order valence-corrected chi connectivity index (χ3v) is 5.71. The minimum atomic E-state index is -0.0105. The molecule has 2 aliphatic heterocycles. The van der Waals surface area contributed by atoms with E-state index in [1.807, 2.05) is 0 Å². The molecule has 2 atom stereocenters. The Morgan fingerprint density at radius 1 is 1.36 bits per heavy atom. The van der Waals surface area contributed by atoms with E-state index in [4.69, 9.17) is 4.74 Å². The van der Waals surface area contributed by atoms with Gasteiger partial charge >= 0.3 is 6.03 Å². The number of ether oxygens (including phenoxy) is 1. The van der Waals surface area contributed by atoms with Crippen molar-refractivity contribution >= 4 is 6.03 Å². The summed E-state index contributed by atoms with van der Waals surface area (Å²) in [5.41, 5.74) is 1.61. The molecule has 2 heterocycles. The number of fused-ring (bicyclic) bond motifs is 1. The van der Waals surface area contributed by atoms with E-state index in [9.17, 15) is 4.79 Å². The summed E-state index contributed by atoms with van der Waals surface area (Å²) >= 11 is 0. The molecule has 0 radical (unpaired) electrons. The van der Waals surface area contributed by atoms with E-state index in [0.717, 1.165) is 58.5 Å². The number of hydrogen-bond donors (Lipinski definition) is 1. The van der Waals surface area contributed by atoms with Crippen LogP contribution in [0.1, 0.15) is 24.8 Å². The van der Waals surface area contributed by atoms with E-state index in [-0.39, 0.29) is 11.4 Å². The minimum absolute atomic E-state index is 0.0105. The second-order valence-corrected chi connectivity index (χ2v) is 7.65. The van der Waals surface area contributed by atoms with Crippen LogP contribution in [0.4, 0.5) is 4.79 Å². The topological polar surface area (TPSA) is 44.8 Å². The number of nitrogens with zero attached hydrogens (tertiary/aromatic N) is 2. The fourth-order valence-electron chi connectivity index (χ4n) is 4.20. The lowest BCUT2D eigenvalue weighted by Crippen LogP contribution is -2.51. The smallest absolute Gasteiger partial charge is 0.316 e. The largest absolute Gasteiger partial charge is 0.378 e. The van der Waals surface area contributed by atoms with Crippen molar-refractivity contribution in [3.05, 3.63) is 35.9 Å². The number of urea groups is 1. The van der Waals surface area contributed by atoms with Crippen molar-refractivity contribution in [2.75, 3.05) is 46.9 Å². The van der Waals surface area contributed by atoms with Crippen LogP contribution in [0.5, 0.6) is 0 Å². The SMILES string of the molecule is CN(C)C(=O)NCC[C@]12CCO[C@H]1CCN(CCc1ccccc1)C2.